The van der Waals surface area contributed by atoms with Gasteiger partial charge in [-0.15, -0.1) is 0 Å². The Morgan fingerprint density at radius 3 is 2.11 bits per heavy atom. The summed E-state index contributed by atoms with van der Waals surface area (Å²) in [5.74, 6) is 0. The van der Waals surface area contributed by atoms with Crippen molar-refractivity contribution in [3.63, 3.8) is 0 Å². The fourth-order valence-electron chi connectivity index (χ4n) is 1.35. The van der Waals surface area contributed by atoms with E-state index in [1.54, 1.807) is 0 Å². The third-order valence-electron chi connectivity index (χ3n) is 1.95. The Labute approximate surface area is 62.9 Å². The summed E-state index contributed by atoms with van der Waals surface area (Å²) in [6.45, 7) is 0. The molecule has 0 unspecified atom stereocenters. The standard InChI is InChI=1S/C6H11.H2O.O.Sn/c1-2-4-6-5-3-1;;;/h1H,2-6H2;1H2;;/q;;;+1/p-1. The molecule has 0 saturated heterocycles. The van der Waals surface area contributed by atoms with Gasteiger partial charge in [-0.2, -0.15) is 0 Å². The minimum atomic E-state index is -3.00. The van der Waals surface area contributed by atoms with Gasteiger partial charge < -0.3 is 0 Å². The molecule has 0 radical (unpaired) electrons. The van der Waals surface area contributed by atoms with Crippen molar-refractivity contribution in [2.45, 2.75) is 36.0 Å². The SMILES string of the molecule is [O]=[Sn]([OH])[CH]1CCCCC1. The first-order valence-corrected chi connectivity index (χ1v) is 7.62. The predicted octanol–water partition coefficient (Wildman–Crippen LogP) is 1.23. The van der Waals surface area contributed by atoms with Crippen LogP contribution in [0.5, 0.6) is 0 Å². The van der Waals surface area contributed by atoms with Gasteiger partial charge >= 0.3 is 62.7 Å². The fraction of sp³-hybridized carbons (Fsp3) is 1.00. The van der Waals surface area contributed by atoms with E-state index < -0.39 is 20.2 Å². The second-order valence-corrected chi connectivity index (χ2v) is 6.93. The first-order valence-electron chi connectivity index (χ1n) is 3.53. The van der Waals surface area contributed by atoms with Gasteiger partial charge in [0.2, 0.25) is 0 Å². The third-order valence-corrected chi connectivity index (χ3v) is 5.60. The average molecular weight is 235 g/mol. The summed E-state index contributed by atoms with van der Waals surface area (Å²) in [5, 5.41) is 0. The van der Waals surface area contributed by atoms with Crippen molar-refractivity contribution in [2.75, 3.05) is 0 Å². The average Bonchev–Trinajstić information content (AvgIpc) is 1.90. The van der Waals surface area contributed by atoms with Crippen LogP contribution in [0.25, 0.3) is 0 Å². The van der Waals surface area contributed by atoms with E-state index in [-0.39, 0.29) is 3.93 Å². The van der Waals surface area contributed by atoms with Crippen LogP contribution in [0.15, 0.2) is 0 Å². The molecular formula is C6H12O2Sn. The van der Waals surface area contributed by atoms with Gasteiger partial charge in [0.1, 0.15) is 0 Å². The van der Waals surface area contributed by atoms with Crippen LogP contribution >= 0.6 is 0 Å². The first kappa shape index (κ1) is 7.66. The molecule has 1 rings (SSSR count). The van der Waals surface area contributed by atoms with Crippen LogP contribution in [-0.2, 0) is 3.08 Å². The van der Waals surface area contributed by atoms with Gasteiger partial charge in [0.15, 0.2) is 0 Å². The Morgan fingerprint density at radius 1 is 1.22 bits per heavy atom. The topological polar surface area (TPSA) is 37.3 Å². The first-order chi connectivity index (χ1) is 4.30. The molecule has 9 heavy (non-hydrogen) atoms. The van der Waals surface area contributed by atoms with Crippen LogP contribution in [0.4, 0.5) is 0 Å². The van der Waals surface area contributed by atoms with Crippen LogP contribution in [0, 0.1) is 0 Å². The molecule has 0 aromatic carbocycles. The quantitative estimate of drug-likeness (QED) is 0.694. The fourth-order valence-corrected chi connectivity index (χ4v) is 3.92. The number of hydrogen-bond donors (Lipinski definition) is 1. The van der Waals surface area contributed by atoms with Crippen molar-refractivity contribution < 1.29 is 6.52 Å². The van der Waals surface area contributed by atoms with Crippen LogP contribution in [0.1, 0.15) is 32.1 Å². The van der Waals surface area contributed by atoms with E-state index in [0.29, 0.717) is 0 Å². The molecule has 0 amide bonds. The predicted molar refractivity (Wildman–Crippen MR) is 35.5 cm³/mol. The Morgan fingerprint density at radius 2 is 1.78 bits per heavy atom. The molecule has 0 atom stereocenters. The molecule has 3 heteroatoms. The molecule has 0 aliphatic heterocycles. The molecule has 1 fully saturated rings. The summed E-state index contributed by atoms with van der Waals surface area (Å²) >= 11 is -3.00. The summed E-state index contributed by atoms with van der Waals surface area (Å²) in [7, 11) is 0. The van der Waals surface area contributed by atoms with E-state index in [1.807, 2.05) is 0 Å². The maximum absolute atomic E-state index is 10.6. The van der Waals surface area contributed by atoms with Gasteiger partial charge in [-0.1, -0.05) is 0 Å². The zero-order chi connectivity index (χ0) is 6.69. The van der Waals surface area contributed by atoms with Crippen molar-refractivity contribution in [2.24, 2.45) is 0 Å². The van der Waals surface area contributed by atoms with Gasteiger partial charge in [0, 0.05) is 0 Å². The molecule has 1 saturated carbocycles. The summed E-state index contributed by atoms with van der Waals surface area (Å²) in [5.41, 5.74) is 0. The summed E-state index contributed by atoms with van der Waals surface area (Å²) < 4.78 is 19.7. The number of hydrogen-bond acceptors (Lipinski definition) is 1. The molecule has 0 aromatic rings. The van der Waals surface area contributed by atoms with E-state index in [2.05, 4.69) is 0 Å². The zero-order valence-electron chi connectivity index (χ0n) is 5.47. The molecule has 1 aliphatic rings. The third kappa shape index (κ3) is 2.33. The van der Waals surface area contributed by atoms with Crippen molar-refractivity contribution in [3.05, 3.63) is 0 Å². The Kier molecular flexibility index (Phi) is 3.12. The Hall–Kier alpha value is 0.559. The van der Waals surface area contributed by atoms with Gasteiger partial charge in [-0.05, 0) is 0 Å². The minimum absolute atomic E-state index is 0.251. The van der Waals surface area contributed by atoms with Crippen molar-refractivity contribution >= 4 is 20.2 Å². The maximum atomic E-state index is 10.6. The van der Waals surface area contributed by atoms with Gasteiger partial charge in [0.25, 0.3) is 0 Å². The van der Waals surface area contributed by atoms with E-state index >= 15 is 0 Å². The van der Waals surface area contributed by atoms with E-state index in [1.165, 1.54) is 19.3 Å². The summed E-state index contributed by atoms with van der Waals surface area (Å²) in [6.07, 6.45) is 5.67. The van der Waals surface area contributed by atoms with Gasteiger partial charge in [-0.25, -0.2) is 0 Å². The molecule has 0 heterocycles. The Balaban J connectivity index is 2.31. The molecule has 2 nitrogen and oxygen atoms in total. The van der Waals surface area contributed by atoms with Crippen molar-refractivity contribution in [1.82, 2.24) is 0 Å². The summed E-state index contributed by atoms with van der Waals surface area (Å²) in [6, 6.07) is 0. The van der Waals surface area contributed by atoms with Crippen LogP contribution in [-0.4, -0.2) is 23.6 Å². The second-order valence-electron chi connectivity index (χ2n) is 2.67. The van der Waals surface area contributed by atoms with Crippen molar-refractivity contribution in [3.8, 4) is 0 Å². The van der Waals surface area contributed by atoms with Crippen LogP contribution in [0.3, 0.4) is 0 Å². The van der Waals surface area contributed by atoms with Gasteiger partial charge in [0.05, 0.1) is 0 Å². The van der Waals surface area contributed by atoms with Crippen LogP contribution < -0.4 is 0 Å². The molecular weight excluding hydrogens is 223 g/mol. The van der Waals surface area contributed by atoms with E-state index in [4.69, 9.17) is 3.44 Å². The molecule has 1 aliphatic carbocycles. The molecule has 1 N–H and O–H groups in total. The van der Waals surface area contributed by atoms with Crippen molar-refractivity contribution in [1.29, 1.82) is 0 Å². The summed E-state index contributed by atoms with van der Waals surface area (Å²) in [4.78, 5) is 0. The monoisotopic (exact) mass is 236 g/mol. The molecule has 52 valence electrons. The van der Waals surface area contributed by atoms with Gasteiger partial charge in [-0.3, -0.25) is 0 Å². The van der Waals surface area contributed by atoms with Crippen LogP contribution in [0.2, 0.25) is 3.93 Å². The zero-order valence-corrected chi connectivity index (χ0v) is 8.32. The molecule has 0 bridgehead atoms. The van der Waals surface area contributed by atoms with E-state index in [9.17, 15) is 3.08 Å². The normalized spacial score (nSPS) is 21.9. The second kappa shape index (κ2) is 3.66. The van der Waals surface area contributed by atoms with E-state index in [0.717, 1.165) is 12.8 Å². The number of rotatable bonds is 1. The molecule has 0 aromatic heterocycles. The Bertz CT molecular complexity index is 108. The molecule has 0 spiro atoms.